The molecule has 0 spiro atoms. The fourth-order valence-electron chi connectivity index (χ4n) is 2.51. The quantitative estimate of drug-likeness (QED) is 0.539. The van der Waals surface area contributed by atoms with E-state index in [1.54, 1.807) is 18.3 Å². The van der Waals surface area contributed by atoms with Crippen LogP contribution in [0.15, 0.2) is 54.7 Å². The number of carbonyl (C=O) groups excluding carboxylic acids is 1. The summed E-state index contributed by atoms with van der Waals surface area (Å²) in [5.74, 6) is -0.535. The van der Waals surface area contributed by atoms with Gasteiger partial charge in [0.15, 0.2) is 0 Å². The Morgan fingerprint density at radius 2 is 1.78 bits per heavy atom. The van der Waals surface area contributed by atoms with Crippen LogP contribution >= 0.6 is 0 Å². The summed E-state index contributed by atoms with van der Waals surface area (Å²) < 4.78 is 1.52. The molecule has 7 nitrogen and oxygen atoms in total. The Bertz CT molecular complexity index is 1020. The van der Waals surface area contributed by atoms with E-state index in [-0.39, 0.29) is 0 Å². The van der Waals surface area contributed by atoms with Gasteiger partial charge in [0, 0.05) is 5.39 Å². The molecule has 114 valence electrons. The van der Waals surface area contributed by atoms with Gasteiger partial charge < -0.3 is 9.68 Å². The summed E-state index contributed by atoms with van der Waals surface area (Å²) in [4.78, 5) is 24.2. The molecule has 0 atom stereocenters. The molecule has 0 aliphatic carbocycles. The van der Waals surface area contributed by atoms with Crippen LogP contribution in [-0.4, -0.2) is 33.0 Å². The zero-order valence-corrected chi connectivity index (χ0v) is 12.2. The molecule has 0 aliphatic rings. The van der Waals surface area contributed by atoms with Crippen LogP contribution in [0.25, 0.3) is 21.9 Å². The Hall–Kier alpha value is -3.35. The fourth-order valence-corrected chi connectivity index (χ4v) is 2.51. The lowest BCUT2D eigenvalue weighted by Crippen LogP contribution is -2.21. The van der Waals surface area contributed by atoms with E-state index in [1.807, 2.05) is 36.4 Å². The van der Waals surface area contributed by atoms with Crippen LogP contribution in [0, 0.1) is 0 Å². The van der Waals surface area contributed by atoms with Crippen molar-refractivity contribution in [3.63, 3.8) is 0 Å². The summed E-state index contributed by atoms with van der Waals surface area (Å²) in [5, 5.41) is 8.55. The van der Waals surface area contributed by atoms with Crippen LogP contribution in [0.4, 0.5) is 0 Å². The summed E-state index contributed by atoms with van der Waals surface area (Å²) in [5.41, 5.74) is 2.45. The molecule has 2 aromatic heterocycles. The van der Waals surface area contributed by atoms with Crippen molar-refractivity contribution in [3.8, 4) is 0 Å². The van der Waals surface area contributed by atoms with Crippen molar-refractivity contribution < 1.29 is 14.5 Å². The first-order valence-corrected chi connectivity index (χ1v) is 6.95. The largest absolute Gasteiger partial charge is 0.417 e. The highest BCUT2D eigenvalue weighted by Crippen LogP contribution is 2.21. The molecule has 0 radical (unpaired) electrons. The molecule has 7 heteroatoms. The minimum Gasteiger partial charge on any atom is -0.417 e. The van der Waals surface area contributed by atoms with E-state index in [0.717, 1.165) is 15.7 Å². The van der Waals surface area contributed by atoms with Gasteiger partial charge in [-0.15, -0.1) is 5.10 Å². The summed E-state index contributed by atoms with van der Waals surface area (Å²) in [7, 11) is 1.53. The first-order valence-electron chi connectivity index (χ1n) is 6.95. The molecule has 2 aromatic carbocycles. The first-order chi connectivity index (χ1) is 11.3. The third kappa shape index (κ3) is 2.10. The second-order valence-electron chi connectivity index (χ2n) is 4.90. The highest BCUT2D eigenvalue weighted by Gasteiger charge is 2.19. The van der Waals surface area contributed by atoms with Gasteiger partial charge in [-0.2, -0.15) is 4.73 Å². The number of benzene rings is 2. The minimum absolute atomic E-state index is 0.391. The van der Waals surface area contributed by atoms with E-state index >= 15 is 0 Å². The number of nitrogens with zero attached hydrogens (tertiary/aromatic N) is 4. The van der Waals surface area contributed by atoms with Gasteiger partial charge in [-0.25, -0.2) is 4.79 Å². The smallest absolute Gasteiger partial charge is 0.368 e. The van der Waals surface area contributed by atoms with Crippen LogP contribution in [0.3, 0.4) is 0 Å². The van der Waals surface area contributed by atoms with Crippen molar-refractivity contribution in [1.82, 2.24) is 19.9 Å². The predicted octanol–water partition coefficient (Wildman–Crippen LogP) is 1.71. The number of aromatic nitrogens is 4. The second kappa shape index (κ2) is 5.13. The van der Waals surface area contributed by atoms with Gasteiger partial charge in [-0.1, -0.05) is 35.2 Å². The number of carbonyl (C=O) groups is 1. The normalized spacial score (nSPS) is 11.0. The maximum absolute atomic E-state index is 12.5. The standard InChI is InChI=1S/C16H12N4O3/c1-22-19-10-12(11-6-2-4-8-14(11)19)16(21)23-20-15-9-5-3-7-13(15)17-18-20/h2-10H,1H3. The van der Waals surface area contributed by atoms with Crippen molar-refractivity contribution in [2.24, 2.45) is 0 Å². The lowest BCUT2D eigenvalue weighted by atomic mass is 10.2. The van der Waals surface area contributed by atoms with E-state index < -0.39 is 5.97 Å². The molecular weight excluding hydrogens is 296 g/mol. The van der Waals surface area contributed by atoms with Crippen LogP contribution in [0.5, 0.6) is 0 Å². The van der Waals surface area contributed by atoms with Gasteiger partial charge in [-0.3, -0.25) is 0 Å². The Balaban J connectivity index is 1.75. The number of para-hydroxylation sites is 2. The lowest BCUT2D eigenvalue weighted by Gasteiger charge is -2.02. The average Bonchev–Trinajstić information content (AvgIpc) is 3.16. The van der Waals surface area contributed by atoms with Crippen LogP contribution in [0.2, 0.25) is 0 Å². The monoisotopic (exact) mass is 308 g/mol. The summed E-state index contributed by atoms with van der Waals surface area (Å²) in [6.07, 6.45) is 1.59. The number of fused-ring (bicyclic) bond motifs is 2. The van der Waals surface area contributed by atoms with Gasteiger partial charge in [0.05, 0.1) is 17.3 Å². The number of rotatable bonds is 3. The van der Waals surface area contributed by atoms with Gasteiger partial charge in [-0.05, 0) is 23.4 Å². The SMILES string of the molecule is COn1cc(C(=O)On2nnc3ccccc32)c2ccccc21. The Kier molecular flexibility index (Phi) is 2.97. The molecule has 0 amide bonds. The molecule has 2 heterocycles. The number of hydrogen-bond acceptors (Lipinski definition) is 5. The summed E-state index contributed by atoms with van der Waals surface area (Å²) >= 11 is 0. The third-order valence-corrected chi connectivity index (χ3v) is 3.59. The molecule has 0 bridgehead atoms. The molecule has 0 aliphatic heterocycles. The predicted molar refractivity (Wildman–Crippen MR) is 82.9 cm³/mol. The van der Waals surface area contributed by atoms with Gasteiger partial charge in [0.1, 0.15) is 18.1 Å². The first kappa shape index (κ1) is 13.3. The topological polar surface area (TPSA) is 71.2 Å². The van der Waals surface area contributed by atoms with Gasteiger partial charge >= 0.3 is 5.97 Å². The molecule has 0 saturated carbocycles. The highest BCUT2D eigenvalue weighted by atomic mass is 16.7. The van der Waals surface area contributed by atoms with Crippen LogP contribution in [-0.2, 0) is 0 Å². The van der Waals surface area contributed by atoms with Crippen LogP contribution < -0.4 is 9.68 Å². The molecule has 0 N–H and O–H groups in total. The zero-order chi connectivity index (χ0) is 15.8. The molecule has 0 saturated heterocycles. The van der Waals surface area contributed by atoms with Crippen molar-refractivity contribution in [1.29, 1.82) is 0 Å². The van der Waals surface area contributed by atoms with Crippen molar-refractivity contribution in [2.45, 2.75) is 0 Å². The summed E-state index contributed by atoms with van der Waals surface area (Å²) in [6, 6.07) is 14.7. The molecule has 0 fully saturated rings. The molecule has 0 unspecified atom stereocenters. The molecule has 23 heavy (non-hydrogen) atoms. The molecular formula is C16H12N4O3. The Morgan fingerprint density at radius 3 is 2.61 bits per heavy atom. The average molecular weight is 308 g/mol. The van der Waals surface area contributed by atoms with Crippen molar-refractivity contribution in [2.75, 3.05) is 7.11 Å². The van der Waals surface area contributed by atoms with E-state index in [9.17, 15) is 4.79 Å². The lowest BCUT2D eigenvalue weighted by molar-refractivity contribution is 0.0409. The molecule has 4 aromatic rings. The summed E-state index contributed by atoms with van der Waals surface area (Å²) in [6.45, 7) is 0. The van der Waals surface area contributed by atoms with E-state index in [0.29, 0.717) is 16.6 Å². The fraction of sp³-hybridized carbons (Fsp3) is 0.0625. The maximum Gasteiger partial charge on any atom is 0.368 e. The maximum atomic E-state index is 12.5. The van der Waals surface area contributed by atoms with E-state index in [1.165, 1.54) is 11.8 Å². The van der Waals surface area contributed by atoms with Crippen LogP contribution in [0.1, 0.15) is 10.4 Å². The van der Waals surface area contributed by atoms with Gasteiger partial charge in [0.25, 0.3) is 0 Å². The van der Waals surface area contributed by atoms with Crippen molar-refractivity contribution >= 4 is 27.9 Å². The highest BCUT2D eigenvalue weighted by molar-refractivity contribution is 6.04. The second-order valence-corrected chi connectivity index (χ2v) is 4.90. The number of hydrogen-bond donors (Lipinski definition) is 0. The third-order valence-electron chi connectivity index (χ3n) is 3.59. The van der Waals surface area contributed by atoms with Gasteiger partial charge in [0.2, 0.25) is 0 Å². The van der Waals surface area contributed by atoms with E-state index in [4.69, 9.17) is 9.68 Å². The van der Waals surface area contributed by atoms with E-state index in [2.05, 4.69) is 10.3 Å². The molecule has 4 rings (SSSR count). The Morgan fingerprint density at radius 1 is 1.04 bits per heavy atom. The van der Waals surface area contributed by atoms with Crippen molar-refractivity contribution in [3.05, 3.63) is 60.3 Å². The minimum atomic E-state index is -0.535. The zero-order valence-electron chi connectivity index (χ0n) is 12.2. The Labute approximate surface area is 130 Å².